The summed E-state index contributed by atoms with van der Waals surface area (Å²) in [5, 5.41) is 13.6. The lowest BCUT2D eigenvalue weighted by Gasteiger charge is -2.65. The first-order valence-electron chi connectivity index (χ1n) is 6.31. The molecular weight excluding hydrogens is 202 g/mol. The maximum atomic E-state index is 10.9. The van der Waals surface area contributed by atoms with Crippen molar-refractivity contribution in [3.8, 4) is 0 Å². The topological polar surface area (TPSA) is 49.0 Å². The average molecular weight is 222 g/mol. The summed E-state index contributed by atoms with van der Waals surface area (Å²) in [4.78, 5) is 10.9. The van der Waals surface area contributed by atoms with E-state index in [2.05, 4.69) is 19.2 Å². The quantitative estimate of drug-likeness (QED) is 0.728. The molecule has 0 aliphatic heterocycles. The zero-order valence-corrected chi connectivity index (χ0v) is 10.1. The Hall–Kier alpha value is -0.730. The third-order valence-electron chi connectivity index (χ3n) is 4.99. The minimum absolute atomic E-state index is 0.165. The van der Waals surface area contributed by atoms with Gasteiger partial charge in [-0.15, -0.1) is 0 Å². The second-order valence-electron chi connectivity index (χ2n) is 7.32. The van der Waals surface area contributed by atoms with Crippen LogP contribution in [0, 0.1) is 16.7 Å². The average Bonchev–Trinajstić information content (AvgIpc) is 1.91. The van der Waals surface area contributed by atoms with Crippen LogP contribution in [0.15, 0.2) is 0 Å². The van der Waals surface area contributed by atoms with Crippen molar-refractivity contribution in [2.45, 2.75) is 57.9 Å². The first-order valence-corrected chi connectivity index (χ1v) is 6.31. The summed E-state index contributed by atoms with van der Waals surface area (Å²) in [6, 6.07) is 0. The van der Waals surface area contributed by atoms with Crippen molar-refractivity contribution in [1.82, 2.24) is 5.32 Å². The van der Waals surface area contributed by atoms with E-state index in [4.69, 9.17) is 0 Å². The third kappa shape index (κ3) is 1.44. The predicted octanol–water partition coefficient (Wildman–Crippen LogP) is 2.88. The van der Waals surface area contributed by atoms with Gasteiger partial charge < -0.3 is 5.32 Å². The van der Waals surface area contributed by atoms with Gasteiger partial charge in [-0.25, -0.2) is 9.90 Å². The molecular formula is C13H20NO2. The van der Waals surface area contributed by atoms with Gasteiger partial charge in [-0.05, 0) is 55.3 Å². The Morgan fingerprint density at radius 3 is 2.06 bits per heavy atom. The summed E-state index contributed by atoms with van der Waals surface area (Å²) in [6.07, 6.45) is 5.83. The fourth-order valence-corrected chi connectivity index (χ4v) is 5.80. The lowest BCUT2D eigenvalue weighted by Crippen LogP contribution is -2.64. The largest absolute Gasteiger partial charge is 0.451 e. The lowest BCUT2D eigenvalue weighted by molar-refractivity contribution is -0.115. The van der Waals surface area contributed by atoms with Crippen LogP contribution in [0.5, 0.6) is 0 Å². The standard InChI is InChI=1S/C13H20NO2/c1-11-3-9-4-12(2,6-11)8-13(5-9,7-11)14-10(15)16/h9,14H,3-8H2,1-2H3/t9-,11+,12-,13-. The molecule has 4 saturated carbocycles. The van der Waals surface area contributed by atoms with Crippen LogP contribution in [-0.2, 0) is 5.11 Å². The number of amides is 1. The highest BCUT2D eigenvalue weighted by Crippen LogP contribution is 2.66. The van der Waals surface area contributed by atoms with Gasteiger partial charge in [0.05, 0.1) is 0 Å². The molecule has 3 nitrogen and oxygen atoms in total. The second-order valence-corrected chi connectivity index (χ2v) is 7.32. The number of carbonyl (C=O) groups excluding carboxylic acids is 1. The number of hydrogen-bond donors (Lipinski definition) is 1. The van der Waals surface area contributed by atoms with Crippen molar-refractivity contribution in [3.63, 3.8) is 0 Å². The van der Waals surface area contributed by atoms with Gasteiger partial charge in [0.2, 0.25) is 0 Å². The summed E-state index contributed by atoms with van der Waals surface area (Å²) in [6.45, 7) is 4.67. The van der Waals surface area contributed by atoms with Gasteiger partial charge in [0.15, 0.2) is 0 Å². The molecule has 1 N–H and O–H groups in total. The molecule has 0 unspecified atom stereocenters. The van der Waals surface area contributed by atoms with Crippen LogP contribution in [0.1, 0.15) is 52.4 Å². The summed E-state index contributed by atoms with van der Waals surface area (Å²) in [5.41, 5.74) is 0.551. The summed E-state index contributed by atoms with van der Waals surface area (Å²) in [5.74, 6) is 0.720. The molecule has 1 amide bonds. The molecule has 0 aromatic rings. The Labute approximate surface area is 96.6 Å². The highest BCUT2D eigenvalue weighted by atomic mass is 16.4. The molecule has 89 valence electrons. The predicted molar refractivity (Wildman–Crippen MR) is 59.4 cm³/mol. The normalized spacial score (nSPS) is 54.0. The summed E-state index contributed by atoms with van der Waals surface area (Å²) in [7, 11) is 0. The molecule has 4 aliphatic carbocycles. The van der Waals surface area contributed by atoms with Crippen LogP contribution in [0.3, 0.4) is 0 Å². The van der Waals surface area contributed by atoms with E-state index in [-0.39, 0.29) is 5.54 Å². The van der Waals surface area contributed by atoms with Gasteiger partial charge in [0, 0.05) is 5.54 Å². The van der Waals surface area contributed by atoms with E-state index in [0.717, 1.165) is 25.2 Å². The molecule has 0 heterocycles. The van der Waals surface area contributed by atoms with Crippen LogP contribution >= 0.6 is 0 Å². The van der Waals surface area contributed by atoms with E-state index < -0.39 is 6.09 Å². The minimum atomic E-state index is -1.09. The second kappa shape index (κ2) is 2.74. The number of nitrogens with one attached hydrogen (secondary N) is 1. The molecule has 4 bridgehead atoms. The SMILES string of the molecule is C[C@]12C[C@@H]3C[C@](C)(C1)C[C@@](NC([O])=O)(C3)C2. The van der Waals surface area contributed by atoms with Crippen LogP contribution in [0.2, 0.25) is 0 Å². The van der Waals surface area contributed by atoms with Crippen molar-refractivity contribution in [2.24, 2.45) is 16.7 Å². The fourth-order valence-electron chi connectivity index (χ4n) is 5.80. The number of hydrogen-bond acceptors (Lipinski definition) is 1. The molecule has 4 rings (SSSR count). The maximum absolute atomic E-state index is 10.9. The monoisotopic (exact) mass is 222 g/mol. The molecule has 0 aromatic carbocycles. The van der Waals surface area contributed by atoms with Crippen LogP contribution in [0.25, 0.3) is 0 Å². The van der Waals surface area contributed by atoms with E-state index in [9.17, 15) is 9.90 Å². The van der Waals surface area contributed by atoms with Crippen molar-refractivity contribution in [1.29, 1.82) is 0 Å². The minimum Gasteiger partial charge on any atom is -0.313 e. The first-order chi connectivity index (χ1) is 7.32. The Balaban J connectivity index is 1.95. The zero-order chi connectivity index (χ0) is 11.6. The van der Waals surface area contributed by atoms with Crippen LogP contribution in [-0.4, -0.2) is 11.6 Å². The van der Waals surface area contributed by atoms with E-state index in [1.807, 2.05) is 0 Å². The van der Waals surface area contributed by atoms with Crippen molar-refractivity contribution < 1.29 is 9.90 Å². The van der Waals surface area contributed by atoms with Crippen molar-refractivity contribution in [3.05, 3.63) is 0 Å². The van der Waals surface area contributed by atoms with Gasteiger partial charge in [-0.2, -0.15) is 0 Å². The molecule has 1 radical (unpaired) electrons. The maximum Gasteiger partial charge on any atom is 0.451 e. The van der Waals surface area contributed by atoms with E-state index in [0.29, 0.717) is 10.8 Å². The van der Waals surface area contributed by atoms with Gasteiger partial charge in [-0.3, -0.25) is 0 Å². The van der Waals surface area contributed by atoms with Gasteiger partial charge >= 0.3 is 6.09 Å². The summed E-state index contributed by atoms with van der Waals surface area (Å²) >= 11 is 0. The molecule has 0 spiro atoms. The zero-order valence-electron chi connectivity index (χ0n) is 10.1. The number of carbonyl (C=O) groups is 1. The fraction of sp³-hybridized carbons (Fsp3) is 0.923. The molecule has 4 fully saturated rings. The highest BCUT2D eigenvalue weighted by molar-refractivity contribution is 5.65. The Morgan fingerprint density at radius 1 is 1.06 bits per heavy atom. The van der Waals surface area contributed by atoms with Gasteiger partial charge in [-0.1, -0.05) is 13.8 Å². The smallest absolute Gasteiger partial charge is 0.313 e. The van der Waals surface area contributed by atoms with Gasteiger partial charge in [0.1, 0.15) is 0 Å². The molecule has 4 atom stereocenters. The molecule has 0 aromatic heterocycles. The molecule has 0 saturated heterocycles. The van der Waals surface area contributed by atoms with E-state index >= 15 is 0 Å². The Kier molecular flexibility index (Phi) is 1.79. The molecule has 16 heavy (non-hydrogen) atoms. The Morgan fingerprint density at radius 2 is 1.62 bits per heavy atom. The van der Waals surface area contributed by atoms with E-state index in [1.54, 1.807) is 0 Å². The van der Waals surface area contributed by atoms with E-state index in [1.165, 1.54) is 19.3 Å². The summed E-state index contributed by atoms with van der Waals surface area (Å²) < 4.78 is 0. The van der Waals surface area contributed by atoms with Crippen molar-refractivity contribution in [2.75, 3.05) is 0 Å². The molecule has 3 heteroatoms. The van der Waals surface area contributed by atoms with Gasteiger partial charge in [0.25, 0.3) is 0 Å². The first kappa shape index (κ1) is 10.4. The van der Waals surface area contributed by atoms with Crippen LogP contribution in [0.4, 0.5) is 4.79 Å². The highest BCUT2D eigenvalue weighted by Gasteiger charge is 2.60. The molecule has 4 aliphatic rings. The number of rotatable bonds is 1. The Bertz CT molecular complexity index is 334. The van der Waals surface area contributed by atoms with Crippen molar-refractivity contribution >= 4 is 6.09 Å². The third-order valence-corrected chi connectivity index (χ3v) is 4.99. The van der Waals surface area contributed by atoms with Crippen LogP contribution < -0.4 is 5.32 Å². The lowest BCUT2D eigenvalue weighted by atomic mass is 9.43.